The topological polar surface area (TPSA) is 34.9 Å². The molecule has 0 radical (unpaired) electrons. The Labute approximate surface area is 114 Å². The van der Waals surface area contributed by atoms with Gasteiger partial charge in [-0.3, -0.25) is 9.48 Å². The number of carbonyl (C=O) groups is 1. The Morgan fingerprint density at radius 2 is 1.89 bits per heavy atom. The van der Waals surface area contributed by atoms with Crippen LogP contribution in [0.5, 0.6) is 0 Å². The summed E-state index contributed by atoms with van der Waals surface area (Å²) < 4.78 is 1.66. The van der Waals surface area contributed by atoms with Crippen LogP contribution >= 0.6 is 0 Å². The van der Waals surface area contributed by atoms with E-state index in [4.69, 9.17) is 0 Å². The Balaban J connectivity index is 2.30. The van der Waals surface area contributed by atoms with Gasteiger partial charge in [-0.1, -0.05) is 45.0 Å². The Kier molecular flexibility index (Phi) is 3.84. The van der Waals surface area contributed by atoms with Gasteiger partial charge in [-0.2, -0.15) is 5.10 Å². The maximum atomic E-state index is 12.4. The zero-order valence-corrected chi connectivity index (χ0v) is 12.0. The number of hydrogen-bond acceptors (Lipinski definition) is 2. The van der Waals surface area contributed by atoms with Gasteiger partial charge in [0.15, 0.2) is 0 Å². The largest absolute Gasteiger partial charge is 0.287 e. The predicted octanol–water partition coefficient (Wildman–Crippen LogP) is 3.34. The summed E-state index contributed by atoms with van der Waals surface area (Å²) in [6.07, 6.45) is 0.841. The van der Waals surface area contributed by atoms with E-state index in [-0.39, 0.29) is 5.78 Å². The lowest BCUT2D eigenvalue weighted by atomic mass is 9.99. The molecule has 0 aliphatic carbocycles. The van der Waals surface area contributed by atoms with Crippen LogP contribution in [0.15, 0.2) is 30.3 Å². The van der Waals surface area contributed by atoms with Gasteiger partial charge in [-0.15, -0.1) is 0 Å². The molecule has 0 N–H and O–H groups in total. The molecule has 0 unspecified atom stereocenters. The van der Waals surface area contributed by atoms with Crippen molar-refractivity contribution in [1.29, 1.82) is 0 Å². The smallest absolute Gasteiger partial charge is 0.211 e. The minimum atomic E-state index is 0.0324. The molecule has 100 valence electrons. The van der Waals surface area contributed by atoms with Gasteiger partial charge in [0, 0.05) is 12.6 Å². The van der Waals surface area contributed by atoms with Gasteiger partial charge in [-0.25, -0.2) is 0 Å². The lowest BCUT2D eigenvalue weighted by Gasteiger charge is -2.06. The average molecular weight is 256 g/mol. The summed E-state index contributed by atoms with van der Waals surface area (Å²) in [5, 5.41) is 4.32. The van der Waals surface area contributed by atoms with E-state index in [0.29, 0.717) is 11.6 Å². The quantitative estimate of drug-likeness (QED) is 0.786. The molecule has 3 nitrogen and oxygen atoms in total. The lowest BCUT2D eigenvalue weighted by molar-refractivity contribution is 0.103. The van der Waals surface area contributed by atoms with Crippen molar-refractivity contribution >= 4 is 5.78 Å². The van der Waals surface area contributed by atoms with Crippen LogP contribution in [0.25, 0.3) is 0 Å². The molecule has 0 amide bonds. The standard InChI is InChI=1S/C16H20N2O/c1-5-14-10-15(18(4)17-14)16(19)13-8-6-12(7-9-13)11(2)3/h6-11H,5H2,1-4H3. The van der Waals surface area contributed by atoms with Crippen molar-refractivity contribution in [2.24, 2.45) is 7.05 Å². The molecule has 3 heteroatoms. The lowest BCUT2D eigenvalue weighted by Crippen LogP contribution is -2.08. The zero-order chi connectivity index (χ0) is 14.0. The van der Waals surface area contributed by atoms with Crippen molar-refractivity contribution in [2.45, 2.75) is 33.1 Å². The number of carbonyl (C=O) groups excluding carboxylic acids is 1. The van der Waals surface area contributed by atoms with Crippen LogP contribution in [0.4, 0.5) is 0 Å². The van der Waals surface area contributed by atoms with Crippen LogP contribution in [0.3, 0.4) is 0 Å². The average Bonchev–Trinajstić information content (AvgIpc) is 2.79. The first-order chi connectivity index (χ1) is 9.02. The van der Waals surface area contributed by atoms with Gasteiger partial charge in [0.2, 0.25) is 5.78 Å². The Hall–Kier alpha value is -1.90. The Bertz CT molecular complexity index is 579. The van der Waals surface area contributed by atoms with Crippen LogP contribution in [-0.2, 0) is 13.5 Å². The summed E-state index contributed by atoms with van der Waals surface area (Å²) in [4.78, 5) is 12.4. The van der Waals surface area contributed by atoms with Gasteiger partial charge in [0.25, 0.3) is 0 Å². The van der Waals surface area contributed by atoms with E-state index in [1.807, 2.05) is 44.3 Å². The predicted molar refractivity (Wildman–Crippen MR) is 76.5 cm³/mol. The zero-order valence-electron chi connectivity index (χ0n) is 12.0. The first kappa shape index (κ1) is 13.5. The third-order valence-electron chi connectivity index (χ3n) is 3.36. The summed E-state index contributed by atoms with van der Waals surface area (Å²) in [7, 11) is 1.81. The molecule has 2 rings (SSSR count). The van der Waals surface area contributed by atoms with E-state index in [2.05, 4.69) is 18.9 Å². The van der Waals surface area contributed by atoms with Crippen molar-refractivity contribution in [3.63, 3.8) is 0 Å². The van der Waals surface area contributed by atoms with Gasteiger partial charge < -0.3 is 0 Å². The molecule has 1 aromatic heterocycles. The molecule has 0 bridgehead atoms. The molecule has 0 aliphatic rings. The Morgan fingerprint density at radius 1 is 1.26 bits per heavy atom. The highest BCUT2D eigenvalue weighted by Gasteiger charge is 2.14. The maximum absolute atomic E-state index is 12.4. The van der Waals surface area contributed by atoms with E-state index in [1.165, 1.54) is 5.56 Å². The number of aromatic nitrogens is 2. The minimum Gasteiger partial charge on any atom is -0.287 e. The fourth-order valence-electron chi connectivity index (χ4n) is 2.08. The molecule has 0 fully saturated rings. The molecule has 0 aliphatic heterocycles. The molecule has 0 saturated carbocycles. The summed E-state index contributed by atoms with van der Waals surface area (Å²) in [5.41, 5.74) is 3.56. The van der Waals surface area contributed by atoms with E-state index >= 15 is 0 Å². The molecule has 0 spiro atoms. The maximum Gasteiger partial charge on any atom is 0.211 e. The molecule has 1 aromatic carbocycles. The fourth-order valence-corrected chi connectivity index (χ4v) is 2.08. The summed E-state index contributed by atoms with van der Waals surface area (Å²) in [6.45, 7) is 6.32. The molecule has 2 aromatic rings. The van der Waals surface area contributed by atoms with Crippen molar-refractivity contribution in [3.8, 4) is 0 Å². The van der Waals surface area contributed by atoms with Crippen LogP contribution < -0.4 is 0 Å². The minimum absolute atomic E-state index is 0.0324. The van der Waals surface area contributed by atoms with Crippen molar-refractivity contribution in [3.05, 3.63) is 52.8 Å². The van der Waals surface area contributed by atoms with Crippen LogP contribution in [-0.4, -0.2) is 15.6 Å². The summed E-state index contributed by atoms with van der Waals surface area (Å²) in [5.74, 6) is 0.512. The number of ketones is 1. The Morgan fingerprint density at radius 3 is 2.37 bits per heavy atom. The van der Waals surface area contributed by atoms with Crippen molar-refractivity contribution in [1.82, 2.24) is 9.78 Å². The third-order valence-corrected chi connectivity index (χ3v) is 3.36. The van der Waals surface area contributed by atoms with E-state index in [1.54, 1.807) is 4.68 Å². The monoisotopic (exact) mass is 256 g/mol. The molecular weight excluding hydrogens is 236 g/mol. The van der Waals surface area contributed by atoms with Crippen molar-refractivity contribution < 1.29 is 4.79 Å². The van der Waals surface area contributed by atoms with Crippen molar-refractivity contribution in [2.75, 3.05) is 0 Å². The second kappa shape index (κ2) is 5.39. The summed E-state index contributed by atoms with van der Waals surface area (Å²) >= 11 is 0. The summed E-state index contributed by atoms with van der Waals surface area (Å²) in [6, 6.07) is 9.72. The molecule has 19 heavy (non-hydrogen) atoms. The van der Waals surface area contributed by atoms with Crippen LogP contribution in [0.2, 0.25) is 0 Å². The van der Waals surface area contributed by atoms with Gasteiger partial charge in [-0.05, 0) is 24.0 Å². The second-order valence-corrected chi connectivity index (χ2v) is 5.10. The highest BCUT2D eigenvalue weighted by molar-refractivity contribution is 6.07. The normalized spacial score (nSPS) is 11.0. The highest BCUT2D eigenvalue weighted by Crippen LogP contribution is 2.17. The van der Waals surface area contributed by atoms with Gasteiger partial charge in [0.05, 0.1) is 5.69 Å². The van der Waals surface area contributed by atoms with Crippen LogP contribution in [0.1, 0.15) is 54.0 Å². The highest BCUT2D eigenvalue weighted by atomic mass is 16.1. The first-order valence-corrected chi connectivity index (χ1v) is 6.70. The number of aryl methyl sites for hydroxylation is 2. The molecule has 1 heterocycles. The third kappa shape index (κ3) is 2.75. The van der Waals surface area contributed by atoms with Crippen LogP contribution in [0, 0.1) is 0 Å². The van der Waals surface area contributed by atoms with E-state index in [9.17, 15) is 4.79 Å². The van der Waals surface area contributed by atoms with Gasteiger partial charge >= 0.3 is 0 Å². The fraction of sp³-hybridized carbons (Fsp3) is 0.375. The SMILES string of the molecule is CCc1cc(C(=O)c2ccc(C(C)C)cc2)n(C)n1. The molecular formula is C16H20N2O. The van der Waals surface area contributed by atoms with Gasteiger partial charge in [0.1, 0.15) is 5.69 Å². The van der Waals surface area contributed by atoms with E-state index < -0.39 is 0 Å². The molecule has 0 atom stereocenters. The van der Waals surface area contributed by atoms with E-state index in [0.717, 1.165) is 17.7 Å². The number of benzene rings is 1. The number of nitrogens with zero attached hydrogens (tertiary/aromatic N) is 2. The number of hydrogen-bond donors (Lipinski definition) is 0. The first-order valence-electron chi connectivity index (χ1n) is 6.70. The molecule has 0 saturated heterocycles. The number of rotatable bonds is 4. The second-order valence-electron chi connectivity index (χ2n) is 5.10.